The quantitative estimate of drug-likeness (QED) is 0.854. The zero-order valence-corrected chi connectivity index (χ0v) is 10.9. The molecule has 4 N–H and O–H groups in total. The normalized spacial score (nSPS) is 22.1. The Kier molecular flexibility index (Phi) is 4.50. The molecular weight excluding hydrogens is 245 g/mol. The van der Waals surface area contributed by atoms with Crippen LogP contribution in [0.15, 0.2) is 24.3 Å². The molecule has 1 aliphatic heterocycles. The summed E-state index contributed by atoms with van der Waals surface area (Å²) in [6.45, 7) is 1.71. The molecule has 1 aromatic carbocycles. The van der Waals surface area contributed by atoms with Crippen LogP contribution in [0.5, 0.6) is 0 Å². The van der Waals surface area contributed by atoms with Crippen molar-refractivity contribution in [3.8, 4) is 0 Å². The van der Waals surface area contributed by atoms with Crippen LogP contribution in [0.2, 0.25) is 0 Å². The highest BCUT2D eigenvalue weighted by Crippen LogP contribution is 2.27. The van der Waals surface area contributed by atoms with Crippen molar-refractivity contribution in [3.05, 3.63) is 35.6 Å². The third kappa shape index (κ3) is 3.11. The molecule has 2 rings (SSSR count). The number of halogens is 1. The van der Waals surface area contributed by atoms with Crippen molar-refractivity contribution >= 4 is 5.91 Å². The van der Waals surface area contributed by atoms with Crippen LogP contribution >= 0.6 is 0 Å². The van der Waals surface area contributed by atoms with Gasteiger partial charge in [-0.1, -0.05) is 18.2 Å². The lowest BCUT2D eigenvalue weighted by Crippen LogP contribution is -2.44. The summed E-state index contributed by atoms with van der Waals surface area (Å²) in [5.41, 5.74) is 11.8. The van der Waals surface area contributed by atoms with Crippen LogP contribution in [0.3, 0.4) is 0 Å². The van der Waals surface area contributed by atoms with Gasteiger partial charge in [0.15, 0.2) is 0 Å². The first-order chi connectivity index (χ1) is 9.13. The Morgan fingerprint density at radius 3 is 2.84 bits per heavy atom. The van der Waals surface area contributed by atoms with Crippen LogP contribution < -0.4 is 11.5 Å². The van der Waals surface area contributed by atoms with E-state index in [1.54, 1.807) is 18.2 Å². The molecule has 0 radical (unpaired) electrons. The van der Waals surface area contributed by atoms with E-state index in [1.165, 1.54) is 6.07 Å². The van der Waals surface area contributed by atoms with Crippen LogP contribution in [0, 0.1) is 11.7 Å². The predicted molar refractivity (Wildman–Crippen MR) is 71.7 cm³/mol. The van der Waals surface area contributed by atoms with E-state index in [2.05, 4.69) is 4.90 Å². The number of amides is 1. The lowest BCUT2D eigenvalue weighted by atomic mass is 9.94. The number of primary amides is 1. The highest BCUT2D eigenvalue weighted by molar-refractivity contribution is 5.76. The lowest BCUT2D eigenvalue weighted by Gasteiger charge is -2.37. The number of hydrogen-bond donors (Lipinski definition) is 2. The van der Waals surface area contributed by atoms with Gasteiger partial charge in [0.25, 0.3) is 0 Å². The summed E-state index contributed by atoms with van der Waals surface area (Å²) in [6.07, 6.45) is 1.69. The fourth-order valence-electron chi connectivity index (χ4n) is 2.74. The first kappa shape index (κ1) is 14.0. The smallest absolute Gasteiger partial charge is 0.221 e. The highest BCUT2D eigenvalue weighted by Gasteiger charge is 2.29. The van der Waals surface area contributed by atoms with Gasteiger partial charge >= 0.3 is 0 Å². The van der Waals surface area contributed by atoms with Crippen LogP contribution in [-0.4, -0.2) is 30.4 Å². The van der Waals surface area contributed by atoms with E-state index in [0.717, 1.165) is 19.4 Å². The van der Waals surface area contributed by atoms with E-state index >= 15 is 0 Å². The molecule has 1 saturated heterocycles. The molecule has 19 heavy (non-hydrogen) atoms. The Hall–Kier alpha value is -1.46. The fourth-order valence-corrected chi connectivity index (χ4v) is 2.74. The molecule has 1 aliphatic rings. The van der Waals surface area contributed by atoms with Crippen LogP contribution in [0.1, 0.15) is 24.4 Å². The third-order valence-corrected chi connectivity index (χ3v) is 3.78. The Morgan fingerprint density at radius 1 is 1.47 bits per heavy atom. The van der Waals surface area contributed by atoms with Gasteiger partial charge in [-0.15, -0.1) is 0 Å². The van der Waals surface area contributed by atoms with Crippen molar-refractivity contribution in [1.29, 1.82) is 0 Å². The van der Waals surface area contributed by atoms with Crippen LogP contribution in [0.4, 0.5) is 4.39 Å². The van der Waals surface area contributed by atoms with Crippen molar-refractivity contribution in [2.75, 3.05) is 19.6 Å². The van der Waals surface area contributed by atoms with Crippen molar-refractivity contribution in [1.82, 2.24) is 4.90 Å². The van der Waals surface area contributed by atoms with Gasteiger partial charge in [-0.25, -0.2) is 4.39 Å². The SMILES string of the molecule is NCC(c1ccccc1F)N1CCCC(C(N)=O)C1. The number of rotatable bonds is 4. The molecule has 4 nitrogen and oxygen atoms in total. The summed E-state index contributed by atoms with van der Waals surface area (Å²) >= 11 is 0. The molecule has 104 valence electrons. The maximum Gasteiger partial charge on any atom is 0.221 e. The second-order valence-corrected chi connectivity index (χ2v) is 5.01. The molecule has 0 bridgehead atoms. The van der Waals surface area contributed by atoms with Crippen LogP contribution in [0.25, 0.3) is 0 Å². The summed E-state index contributed by atoms with van der Waals surface area (Å²) in [6, 6.07) is 6.46. The van der Waals surface area contributed by atoms with Gasteiger partial charge in [0.05, 0.1) is 5.92 Å². The minimum Gasteiger partial charge on any atom is -0.369 e. The number of hydrogen-bond acceptors (Lipinski definition) is 3. The maximum absolute atomic E-state index is 13.9. The van der Waals surface area contributed by atoms with Gasteiger partial charge in [-0.3, -0.25) is 9.69 Å². The van der Waals surface area contributed by atoms with Gasteiger partial charge in [0.1, 0.15) is 5.82 Å². The van der Waals surface area contributed by atoms with E-state index in [9.17, 15) is 9.18 Å². The number of benzene rings is 1. The highest BCUT2D eigenvalue weighted by atomic mass is 19.1. The van der Waals surface area contributed by atoms with E-state index in [4.69, 9.17) is 11.5 Å². The average molecular weight is 265 g/mol. The number of carbonyl (C=O) groups excluding carboxylic acids is 1. The second kappa shape index (κ2) is 6.12. The van der Waals surface area contributed by atoms with E-state index in [0.29, 0.717) is 18.7 Å². The molecule has 0 aromatic heterocycles. The zero-order valence-electron chi connectivity index (χ0n) is 10.9. The Bertz CT molecular complexity index is 452. The largest absolute Gasteiger partial charge is 0.369 e. The number of carbonyl (C=O) groups is 1. The molecule has 1 fully saturated rings. The molecule has 0 spiro atoms. The summed E-state index contributed by atoms with van der Waals surface area (Å²) in [5.74, 6) is -0.692. The number of likely N-dealkylation sites (tertiary alicyclic amines) is 1. The molecule has 0 aliphatic carbocycles. The summed E-state index contributed by atoms with van der Waals surface area (Å²) < 4.78 is 13.9. The second-order valence-electron chi connectivity index (χ2n) is 5.01. The van der Waals surface area contributed by atoms with Crippen molar-refractivity contribution in [2.24, 2.45) is 17.4 Å². The molecular formula is C14H20FN3O. The van der Waals surface area contributed by atoms with Gasteiger partial charge < -0.3 is 11.5 Å². The number of nitrogens with zero attached hydrogens (tertiary/aromatic N) is 1. The fraction of sp³-hybridized carbons (Fsp3) is 0.500. The molecule has 1 heterocycles. The van der Waals surface area contributed by atoms with Crippen LogP contribution in [-0.2, 0) is 4.79 Å². The average Bonchev–Trinajstić information content (AvgIpc) is 2.42. The van der Waals surface area contributed by atoms with E-state index in [1.807, 2.05) is 0 Å². The predicted octanol–water partition coefficient (Wildman–Crippen LogP) is 1.02. The maximum atomic E-state index is 13.9. The summed E-state index contributed by atoms with van der Waals surface area (Å²) in [4.78, 5) is 13.4. The minimum atomic E-state index is -0.283. The van der Waals surface area contributed by atoms with Crippen molar-refractivity contribution in [3.63, 3.8) is 0 Å². The van der Waals surface area contributed by atoms with Gasteiger partial charge in [0.2, 0.25) is 5.91 Å². The third-order valence-electron chi connectivity index (χ3n) is 3.78. The van der Waals surface area contributed by atoms with Gasteiger partial charge in [-0.2, -0.15) is 0 Å². The summed E-state index contributed by atoms with van der Waals surface area (Å²) in [7, 11) is 0. The Balaban J connectivity index is 2.18. The Morgan fingerprint density at radius 2 is 2.21 bits per heavy atom. The minimum absolute atomic E-state index is 0.158. The van der Waals surface area contributed by atoms with Gasteiger partial charge in [-0.05, 0) is 25.5 Å². The number of nitrogens with two attached hydrogens (primary N) is 2. The molecule has 1 amide bonds. The molecule has 5 heteroatoms. The van der Waals surface area contributed by atoms with Crippen molar-refractivity contribution in [2.45, 2.75) is 18.9 Å². The molecule has 0 saturated carbocycles. The van der Waals surface area contributed by atoms with E-state index in [-0.39, 0.29) is 23.7 Å². The van der Waals surface area contributed by atoms with Gasteiger partial charge in [0, 0.05) is 24.7 Å². The molecule has 2 unspecified atom stereocenters. The molecule has 2 atom stereocenters. The Labute approximate surface area is 112 Å². The summed E-state index contributed by atoms with van der Waals surface area (Å²) in [5, 5.41) is 0. The first-order valence-corrected chi connectivity index (χ1v) is 6.61. The molecule has 1 aromatic rings. The number of piperidine rings is 1. The topological polar surface area (TPSA) is 72.3 Å². The van der Waals surface area contributed by atoms with E-state index < -0.39 is 0 Å². The first-order valence-electron chi connectivity index (χ1n) is 6.61. The standard InChI is InChI=1S/C14H20FN3O/c15-12-6-2-1-5-11(12)13(8-16)18-7-3-4-10(9-18)14(17)19/h1-2,5-6,10,13H,3-4,7-9,16H2,(H2,17,19). The zero-order chi connectivity index (χ0) is 13.8. The lowest BCUT2D eigenvalue weighted by molar-refractivity contribution is -0.123. The van der Waals surface area contributed by atoms with Crippen molar-refractivity contribution < 1.29 is 9.18 Å². The monoisotopic (exact) mass is 265 g/mol.